The molecule has 0 rings (SSSR count). The maximum absolute atomic E-state index is 14.0. The van der Waals surface area contributed by atoms with E-state index in [9.17, 15) is 43.2 Å². The van der Waals surface area contributed by atoms with Gasteiger partial charge in [0.15, 0.2) is 0 Å². The van der Waals surface area contributed by atoms with Crippen molar-refractivity contribution >= 4 is 29.5 Å². The van der Waals surface area contributed by atoms with Crippen molar-refractivity contribution in [1.29, 1.82) is 0 Å². The predicted molar refractivity (Wildman–Crippen MR) is 132 cm³/mol. The maximum atomic E-state index is 14.0. The first kappa shape index (κ1) is 35.1. The third kappa shape index (κ3) is 19.2. The number of nitrogens with one attached hydrogen (secondary N) is 3. The lowest BCUT2D eigenvalue weighted by Gasteiger charge is -2.17. The summed E-state index contributed by atoms with van der Waals surface area (Å²) in [5.74, 6) is -2.94. The average Bonchev–Trinajstić information content (AvgIpc) is 2.88. The smallest absolute Gasteiger partial charge is 0.246 e. The van der Waals surface area contributed by atoms with Gasteiger partial charge >= 0.3 is 0 Å². The van der Waals surface area contributed by atoms with Gasteiger partial charge in [0.1, 0.15) is 12.3 Å². The van der Waals surface area contributed by atoms with Crippen LogP contribution in [0, 0.1) is 0 Å². The molecule has 0 saturated carbocycles. The summed E-state index contributed by atoms with van der Waals surface area (Å²) in [6.07, 6.45) is -2.28. The molecule has 5 amide bonds. The number of nitrogens with two attached hydrogens (primary N) is 1. The predicted octanol–water partition coefficient (Wildman–Crippen LogP) is -0.0637. The van der Waals surface area contributed by atoms with Gasteiger partial charge in [-0.1, -0.05) is 6.42 Å². The summed E-state index contributed by atoms with van der Waals surface area (Å²) in [5, 5.41) is 27.2. The molecule has 0 aliphatic carbocycles. The van der Waals surface area contributed by atoms with Crippen LogP contribution in [0.25, 0.3) is 0 Å². The number of hydrogen-bond acceptors (Lipinski definition) is 8. The Morgan fingerprint density at radius 2 is 1.24 bits per heavy atom. The zero-order valence-corrected chi connectivity index (χ0v) is 21.9. The zero-order valence-electron chi connectivity index (χ0n) is 21.9. The van der Waals surface area contributed by atoms with Crippen molar-refractivity contribution in [2.75, 3.05) is 39.3 Å². The molecule has 38 heavy (non-hydrogen) atoms. The fraction of sp³-hybridized carbons (Fsp3) is 0.783. The lowest BCUT2D eigenvalue weighted by atomic mass is 10.2. The third-order valence-electron chi connectivity index (χ3n) is 5.31. The summed E-state index contributed by atoms with van der Waals surface area (Å²) >= 11 is 0. The van der Waals surface area contributed by atoms with Crippen LogP contribution in [0.2, 0.25) is 0 Å². The molecule has 2 unspecified atom stereocenters. The molecule has 0 heterocycles. The van der Waals surface area contributed by atoms with Gasteiger partial charge in [-0.2, -0.15) is 0 Å². The van der Waals surface area contributed by atoms with Crippen LogP contribution in [0.5, 0.6) is 0 Å². The minimum atomic E-state index is -1.59. The Labute approximate surface area is 221 Å². The second kappa shape index (κ2) is 21.1. The molecule has 13 nitrogen and oxygen atoms in total. The van der Waals surface area contributed by atoms with Gasteiger partial charge in [0, 0.05) is 65.2 Å². The molecule has 7 N–H and O–H groups in total. The van der Waals surface area contributed by atoms with Crippen LogP contribution in [0.1, 0.15) is 64.7 Å². The van der Waals surface area contributed by atoms with Crippen molar-refractivity contribution in [2.45, 2.75) is 77.1 Å². The second-order valence-electron chi connectivity index (χ2n) is 8.75. The third-order valence-corrected chi connectivity index (χ3v) is 5.31. The van der Waals surface area contributed by atoms with Gasteiger partial charge in [0.2, 0.25) is 29.5 Å². The van der Waals surface area contributed by atoms with Crippen molar-refractivity contribution in [3.63, 3.8) is 0 Å². The van der Waals surface area contributed by atoms with Crippen molar-refractivity contribution in [3.05, 3.63) is 0 Å². The van der Waals surface area contributed by atoms with Crippen LogP contribution in [0.3, 0.4) is 0 Å². The van der Waals surface area contributed by atoms with Gasteiger partial charge in [-0.25, -0.2) is 18.9 Å². The minimum absolute atomic E-state index is 0.0173. The first-order chi connectivity index (χ1) is 18.0. The highest BCUT2D eigenvalue weighted by Crippen LogP contribution is 2.04. The molecule has 0 aromatic carbocycles. The van der Waals surface area contributed by atoms with Gasteiger partial charge in [-0.15, -0.1) is 0 Å². The summed E-state index contributed by atoms with van der Waals surface area (Å²) in [7, 11) is 0. The molecule has 15 heteroatoms. The first-order valence-electron chi connectivity index (χ1n) is 12.7. The topological polar surface area (TPSA) is 194 Å². The zero-order chi connectivity index (χ0) is 28.9. The van der Waals surface area contributed by atoms with Crippen LogP contribution in [0.15, 0.2) is 0 Å². The lowest BCUT2D eigenvalue weighted by Crippen LogP contribution is -2.36. The van der Waals surface area contributed by atoms with Crippen LogP contribution >= 0.6 is 0 Å². The van der Waals surface area contributed by atoms with E-state index >= 15 is 0 Å². The number of hydrogen-bond donors (Lipinski definition) is 6. The monoisotopic (exact) mass is 552 g/mol. The van der Waals surface area contributed by atoms with Crippen LogP contribution in [-0.4, -0.2) is 102 Å². The minimum Gasteiger partial charge on any atom is -0.356 e. The molecule has 0 radical (unpaired) electrons. The molecule has 0 bridgehead atoms. The second-order valence-corrected chi connectivity index (χ2v) is 8.75. The fourth-order valence-corrected chi connectivity index (χ4v) is 3.03. The Hall–Kier alpha value is -2.91. The molecule has 0 fully saturated rings. The number of amides is 5. The molecular weight excluding hydrogens is 510 g/mol. The Kier molecular flexibility index (Phi) is 19.5. The summed E-state index contributed by atoms with van der Waals surface area (Å²) in [6, 6.07) is 0. The molecule has 0 aromatic rings. The summed E-state index contributed by atoms with van der Waals surface area (Å²) in [5.41, 5.74) is 5.36. The molecule has 0 saturated heterocycles. The molecule has 0 spiro atoms. The van der Waals surface area contributed by atoms with Gasteiger partial charge in [0.25, 0.3) is 0 Å². The van der Waals surface area contributed by atoms with E-state index in [-0.39, 0.29) is 75.7 Å². The van der Waals surface area contributed by atoms with Gasteiger partial charge in [-0.05, 0) is 25.8 Å². The van der Waals surface area contributed by atoms with E-state index in [0.29, 0.717) is 18.0 Å². The van der Waals surface area contributed by atoms with E-state index < -0.39 is 42.5 Å². The highest BCUT2D eigenvalue weighted by atomic mass is 19.1. The summed E-state index contributed by atoms with van der Waals surface area (Å²) in [4.78, 5) is 58.0. The SMILES string of the molecule is CC(=O)NCCC(F)CNC(=O)CCC(=O)N(O)CCC(F)CNC(=O)CCC(=O)N(O)CCCCCN. The molecule has 2 atom stereocenters. The lowest BCUT2D eigenvalue weighted by molar-refractivity contribution is -0.166. The Balaban J connectivity index is 4.01. The number of alkyl halides is 2. The molecular formula is C23H42F2N6O7. The fourth-order valence-electron chi connectivity index (χ4n) is 3.03. The number of carbonyl (C=O) groups excluding carboxylic acids is 5. The summed E-state index contributed by atoms with van der Waals surface area (Å²) < 4.78 is 27.7. The number of nitrogens with zero attached hydrogens (tertiary/aromatic N) is 2. The van der Waals surface area contributed by atoms with E-state index in [4.69, 9.17) is 5.73 Å². The van der Waals surface area contributed by atoms with Gasteiger partial charge < -0.3 is 21.7 Å². The Morgan fingerprint density at radius 1 is 0.737 bits per heavy atom. The van der Waals surface area contributed by atoms with Crippen LogP contribution < -0.4 is 21.7 Å². The molecule has 0 aromatic heterocycles. The van der Waals surface area contributed by atoms with Crippen molar-refractivity contribution in [2.24, 2.45) is 5.73 Å². The normalized spacial score (nSPS) is 12.3. The van der Waals surface area contributed by atoms with Crippen LogP contribution in [-0.2, 0) is 24.0 Å². The molecule has 220 valence electrons. The maximum Gasteiger partial charge on any atom is 0.246 e. The standard InChI is InChI=1S/C23H42F2N6O7/c1-17(32)27-12-9-18(24)15-28-20(33)6-8-23(36)31(38)14-10-19(25)16-29-21(34)5-7-22(35)30(37)13-4-2-3-11-26/h18-19,37-38H,2-16,26H2,1H3,(H,27,32)(H,28,33)(H,29,34). The first-order valence-corrected chi connectivity index (χ1v) is 12.7. The van der Waals surface area contributed by atoms with Crippen molar-refractivity contribution in [1.82, 2.24) is 26.1 Å². The van der Waals surface area contributed by atoms with E-state index in [1.54, 1.807) is 0 Å². The average molecular weight is 553 g/mol. The Bertz CT molecular complexity index is 747. The number of unbranched alkanes of at least 4 members (excludes halogenated alkanes) is 2. The number of carbonyl (C=O) groups is 5. The molecule has 0 aliphatic rings. The van der Waals surface area contributed by atoms with E-state index in [1.165, 1.54) is 6.92 Å². The highest BCUT2D eigenvalue weighted by molar-refractivity contribution is 5.83. The van der Waals surface area contributed by atoms with Crippen molar-refractivity contribution in [3.8, 4) is 0 Å². The molecule has 0 aliphatic heterocycles. The van der Waals surface area contributed by atoms with Crippen LogP contribution in [0.4, 0.5) is 8.78 Å². The van der Waals surface area contributed by atoms with Crippen molar-refractivity contribution < 1.29 is 43.2 Å². The number of rotatable bonds is 21. The van der Waals surface area contributed by atoms with Gasteiger partial charge in [0.05, 0.1) is 6.54 Å². The Morgan fingerprint density at radius 3 is 1.74 bits per heavy atom. The quantitative estimate of drug-likeness (QED) is 0.0647. The highest BCUT2D eigenvalue weighted by Gasteiger charge is 2.18. The van der Waals surface area contributed by atoms with E-state index in [1.807, 2.05) is 0 Å². The number of hydroxylamine groups is 4. The largest absolute Gasteiger partial charge is 0.356 e. The van der Waals surface area contributed by atoms with E-state index in [0.717, 1.165) is 12.8 Å². The summed E-state index contributed by atoms with van der Waals surface area (Å²) in [6.45, 7) is 1.02. The van der Waals surface area contributed by atoms with Gasteiger partial charge in [-0.3, -0.25) is 34.4 Å². The number of halogens is 2. The van der Waals surface area contributed by atoms with E-state index in [2.05, 4.69) is 16.0 Å².